The number of rotatable bonds is 4. The van der Waals surface area contributed by atoms with Crippen molar-refractivity contribution in [3.8, 4) is 11.5 Å². The van der Waals surface area contributed by atoms with E-state index in [0.29, 0.717) is 5.75 Å². The largest absolute Gasteiger partial charge is 0.504 e. The molecule has 0 aliphatic heterocycles. The molecule has 0 saturated carbocycles. The summed E-state index contributed by atoms with van der Waals surface area (Å²) in [4.78, 5) is 0. The smallest absolute Gasteiger partial charge is 0.160 e. The number of ether oxygens (including phenoxy) is 1. The van der Waals surface area contributed by atoms with Gasteiger partial charge in [-0.25, -0.2) is 0 Å². The molecular formula is C12H21NO2. The van der Waals surface area contributed by atoms with Crippen LogP contribution in [-0.2, 0) is 6.42 Å². The van der Waals surface area contributed by atoms with Crippen LogP contribution in [0.4, 0.5) is 0 Å². The number of hydrogen-bond acceptors (Lipinski definition) is 3. The Hall–Kier alpha value is -1.22. The fraction of sp³-hybridized carbons (Fsp3) is 0.500. The number of methoxy groups -OCH3 is 1. The lowest BCUT2D eigenvalue weighted by atomic mass is 10.1. The Balaban J connectivity index is 0.000000921. The van der Waals surface area contributed by atoms with Crippen LogP contribution in [0.25, 0.3) is 0 Å². The van der Waals surface area contributed by atoms with Gasteiger partial charge in [0, 0.05) is 0 Å². The first kappa shape index (κ1) is 13.8. The van der Waals surface area contributed by atoms with Crippen molar-refractivity contribution in [2.45, 2.75) is 20.3 Å². The van der Waals surface area contributed by atoms with E-state index < -0.39 is 0 Å². The highest BCUT2D eigenvalue weighted by molar-refractivity contribution is 5.41. The summed E-state index contributed by atoms with van der Waals surface area (Å²) in [5.41, 5.74) is 1.10. The predicted octanol–water partition coefficient (Wildman–Crippen LogP) is 2.19. The van der Waals surface area contributed by atoms with Crippen LogP contribution in [0.15, 0.2) is 18.2 Å². The van der Waals surface area contributed by atoms with E-state index in [9.17, 15) is 5.11 Å². The molecule has 15 heavy (non-hydrogen) atoms. The van der Waals surface area contributed by atoms with Gasteiger partial charge in [-0.3, -0.25) is 0 Å². The lowest BCUT2D eigenvalue weighted by Crippen LogP contribution is -2.10. The highest BCUT2D eigenvalue weighted by Crippen LogP contribution is 2.26. The van der Waals surface area contributed by atoms with Crippen LogP contribution in [-0.4, -0.2) is 25.8 Å². The van der Waals surface area contributed by atoms with Crippen molar-refractivity contribution in [2.24, 2.45) is 0 Å². The van der Waals surface area contributed by atoms with Crippen LogP contribution >= 0.6 is 0 Å². The van der Waals surface area contributed by atoms with Crippen molar-refractivity contribution in [3.63, 3.8) is 0 Å². The number of hydrogen-bond donors (Lipinski definition) is 2. The Morgan fingerprint density at radius 2 is 2.00 bits per heavy atom. The van der Waals surface area contributed by atoms with Gasteiger partial charge in [0.1, 0.15) is 0 Å². The average Bonchev–Trinajstić information content (AvgIpc) is 2.29. The van der Waals surface area contributed by atoms with Crippen LogP contribution in [0.2, 0.25) is 0 Å². The standard InChI is InChI=1S/C10H15NO2.C2H6/c1-11-6-5-8-3-4-10(13-2)9(12)7-8;1-2/h3-4,7,11-12H,5-6H2,1-2H3;1-2H3. The summed E-state index contributed by atoms with van der Waals surface area (Å²) >= 11 is 0. The van der Waals surface area contributed by atoms with E-state index in [2.05, 4.69) is 5.32 Å². The summed E-state index contributed by atoms with van der Waals surface area (Å²) < 4.78 is 4.94. The molecule has 0 fully saturated rings. The Bertz CT molecular complexity index is 274. The minimum atomic E-state index is 0.205. The molecule has 0 bridgehead atoms. The number of benzene rings is 1. The van der Waals surface area contributed by atoms with Gasteiger partial charge in [0.15, 0.2) is 11.5 Å². The molecule has 0 unspecified atom stereocenters. The summed E-state index contributed by atoms with van der Waals surface area (Å²) in [7, 11) is 3.45. The van der Waals surface area contributed by atoms with E-state index in [0.717, 1.165) is 18.5 Å². The molecule has 0 aliphatic rings. The van der Waals surface area contributed by atoms with Crippen LogP contribution < -0.4 is 10.1 Å². The third-order valence-corrected chi connectivity index (χ3v) is 1.91. The molecule has 0 amide bonds. The van der Waals surface area contributed by atoms with Gasteiger partial charge in [0.05, 0.1) is 7.11 Å². The zero-order chi connectivity index (χ0) is 11.7. The first-order chi connectivity index (χ1) is 7.27. The maximum absolute atomic E-state index is 9.45. The van der Waals surface area contributed by atoms with E-state index in [1.807, 2.05) is 27.0 Å². The molecule has 0 spiro atoms. The third-order valence-electron chi connectivity index (χ3n) is 1.91. The van der Waals surface area contributed by atoms with Crippen LogP contribution in [0.1, 0.15) is 19.4 Å². The number of nitrogens with one attached hydrogen (secondary N) is 1. The molecule has 3 nitrogen and oxygen atoms in total. The lowest BCUT2D eigenvalue weighted by Gasteiger charge is -2.05. The predicted molar refractivity (Wildman–Crippen MR) is 63.6 cm³/mol. The third kappa shape index (κ3) is 4.70. The van der Waals surface area contributed by atoms with Gasteiger partial charge >= 0.3 is 0 Å². The molecule has 1 rings (SSSR count). The molecule has 1 aromatic rings. The molecule has 0 aliphatic carbocycles. The van der Waals surface area contributed by atoms with Crippen LogP contribution in [0.5, 0.6) is 11.5 Å². The molecule has 0 saturated heterocycles. The molecule has 3 heteroatoms. The average molecular weight is 211 g/mol. The summed E-state index contributed by atoms with van der Waals surface area (Å²) in [6.07, 6.45) is 0.911. The zero-order valence-electron chi connectivity index (χ0n) is 10.0. The van der Waals surface area contributed by atoms with Gasteiger partial charge in [0.2, 0.25) is 0 Å². The molecule has 86 valence electrons. The van der Waals surface area contributed by atoms with Crippen LogP contribution in [0.3, 0.4) is 0 Å². The normalized spacial score (nSPS) is 9.07. The monoisotopic (exact) mass is 211 g/mol. The van der Waals surface area contributed by atoms with E-state index in [1.165, 1.54) is 0 Å². The summed E-state index contributed by atoms with van der Waals surface area (Å²) in [5, 5.41) is 12.5. The number of aromatic hydroxyl groups is 1. The molecule has 1 aromatic carbocycles. The van der Waals surface area contributed by atoms with Gasteiger partial charge in [-0.15, -0.1) is 0 Å². The quantitative estimate of drug-likeness (QED) is 0.802. The first-order valence-corrected chi connectivity index (χ1v) is 5.28. The van der Waals surface area contributed by atoms with E-state index in [1.54, 1.807) is 19.2 Å². The van der Waals surface area contributed by atoms with Gasteiger partial charge in [-0.2, -0.15) is 0 Å². The molecular weight excluding hydrogens is 190 g/mol. The van der Waals surface area contributed by atoms with Crippen molar-refractivity contribution < 1.29 is 9.84 Å². The molecule has 0 heterocycles. The van der Waals surface area contributed by atoms with Gasteiger partial charge in [-0.05, 0) is 37.7 Å². The number of likely N-dealkylation sites (N-methyl/N-ethyl adjacent to an activating group) is 1. The van der Waals surface area contributed by atoms with Crippen molar-refractivity contribution in [3.05, 3.63) is 23.8 Å². The SMILES string of the molecule is CC.CNCCc1ccc(OC)c(O)c1. The number of phenolic OH excluding ortho intramolecular Hbond substituents is 1. The van der Waals surface area contributed by atoms with Gasteiger partial charge in [0.25, 0.3) is 0 Å². The van der Waals surface area contributed by atoms with E-state index in [-0.39, 0.29) is 5.75 Å². The second-order valence-electron chi connectivity index (χ2n) is 2.86. The van der Waals surface area contributed by atoms with Crippen molar-refractivity contribution in [1.82, 2.24) is 5.32 Å². The second kappa shape index (κ2) is 8.12. The fourth-order valence-corrected chi connectivity index (χ4v) is 1.16. The Kier molecular flexibility index (Phi) is 7.46. The maximum Gasteiger partial charge on any atom is 0.160 e. The van der Waals surface area contributed by atoms with Gasteiger partial charge < -0.3 is 15.2 Å². The van der Waals surface area contributed by atoms with E-state index in [4.69, 9.17) is 4.74 Å². The minimum absolute atomic E-state index is 0.205. The van der Waals surface area contributed by atoms with Crippen molar-refractivity contribution in [1.29, 1.82) is 0 Å². The van der Waals surface area contributed by atoms with Gasteiger partial charge in [-0.1, -0.05) is 19.9 Å². The molecule has 0 radical (unpaired) electrons. The Morgan fingerprint density at radius 1 is 1.33 bits per heavy atom. The molecule has 0 aromatic heterocycles. The molecule has 0 atom stereocenters. The second-order valence-corrected chi connectivity index (χ2v) is 2.86. The minimum Gasteiger partial charge on any atom is -0.504 e. The van der Waals surface area contributed by atoms with Crippen LogP contribution in [0, 0.1) is 0 Å². The highest BCUT2D eigenvalue weighted by Gasteiger charge is 2.01. The van der Waals surface area contributed by atoms with Crippen molar-refractivity contribution in [2.75, 3.05) is 20.7 Å². The first-order valence-electron chi connectivity index (χ1n) is 5.28. The maximum atomic E-state index is 9.45. The topological polar surface area (TPSA) is 41.5 Å². The highest BCUT2D eigenvalue weighted by atomic mass is 16.5. The Morgan fingerprint density at radius 3 is 2.47 bits per heavy atom. The summed E-state index contributed by atoms with van der Waals surface area (Å²) in [6.45, 7) is 4.91. The van der Waals surface area contributed by atoms with Crippen molar-refractivity contribution >= 4 is 0 Å². The fourth-order valence-electron chi connectivity index (χ4n) is 1.16. The lowest BCUT2D eigenvalue weighted by molar-refractivity contribution is 0.373. The summed E-state index contributed by atoms with van der Waals surface area (Å²) in [5.74, 6) is 0.726. The number of phenols is 1. The zero-order valence-corrected chi connectivity index (χ0v) is 10.0. The Labute approximate surface area is 92.1 Å². The molecule has 2 N–H and O–H groups in total. The van der Waals surface area contributed by atoms with E-state index >= 15 is 0 Å². The summed E-state index contributed by atoms with van der Waals surface area (Å²) in [6, 6.07) is 5.46.